The zero-order valence-electron chi connectivity index (χ0n) is 13.6. The Bertz CT molecular complexity index is 890. The van der Waals surface area contributed by atoms with E-state index in [-0.39, 0.29) is 28.6 Å². The number of sulfone groups is 1. The topological polar surface area (TPSA) is 118 Å². The molecule has 0 saturated carbocycles. The quantitative estimate of drug-likeness (QED) is 0.425. The van der Waals surface area contributed by atoms with Gasteiger partial charge in [-0.15, -0.1) is 11.3 Å². The van der Waals surface area contributed by atoms with Crippen LogP contribution in [0.5, 0.6) is 5.75 Å². The summed E-state index contributed by atoms with van der Waals surface area (Å²) in [7, 11) is -3.38. The van der Waals surface area contributed by atoms with E-state index in [9.17, 15) is 18.3 Å². The van der Waals surface area contributed by atoms with Crippen LogP contribution in [0.4, 0.5) is 5.13 Å². The second kappa shape index (κ2) is 8.08. The molecular weight excluding hydrogens is 366 g/mol. The third-order valence-electron chi connectivity index (χ3n) is 2.97. The van der Waals surface area contributed by atoms with Crippen molar-refractivity contribution in [3.8, 4) is 5.75 Å². The van der Waals surface area contributed by atoms with Gasteiger partial charge >= 0.3 is 5.97 Å². The van der Waals surface area contributed by atoms with Crippen LogP contribution in [0, 0.1) is 0 Å². The van der Waals surface area contributed by atoms with Crippen molar-refractivity contribution < 1.29 is 23.1 Å². The first kappa shape index (κ1) is 18.9. The fraction of sp³-hybridized carbons (Fsp3) is 0.267. The van der Waals surface area contributed by atoms with Gasteiger partial charge in [0.15, 0.2) is 9.84 Å². The predicted molar refractivity (Wildman–Crippen MR) is 94.9 cm³/mol. The van der Waals surface area contributed by atoms with Gasteiger partial charge in [0, 0.05) is 17.2 Å². The van der Waals surface area contributed by atoms with E-state index < -0.39 is 9.84 Å². The number of aromatic nitrogens is 1. The van der Waals surface area contributed by atoms with E-state index in [1.165, 1.54) is 35.8 Å². The highest BCUT2D eigenvalue weighted by molar-refractivity contribution is 7.90. The van der Waals surface area contributed by atoms with Crippen LogP contribution < -0.4 is 5.43 Å². The average Bonchev–Trinajstić information content (AvgIpc) is 2.95. The number of hydrogen-bond acceptors (Lipinski definition) is 9. The Morgan fingerprint density at radius 3 is 2.92 bits per heavy atom. The van der Waals surface area contributed by atoms with Gasteiger partial charge in [0.25, 0.3) is 0 Å². The lowest BCUT2D eigenvalue weighted by Crippen LogP contribution is -2.07. The summed E-state index contributed by atoms with van der Waals surface area (Å²) < 4.78 is 27.9. The standard InChI is InChI=1S/C15H17N3O5S2/c1-3-23-14(20)7-11-9-24-15(17-11)18-16-8-10-6-12(25(2,21)22)4-5-13(10)19/h4-6,8-9,19H,3,7H2,1-2H3,(H,17,18). The van der Waals surface area contributed by atoms with Crippen molar-refractivity contribution in [2.75, 3.05) is 18.3 Å². The second-order valence-electron chi connectivity index (χ2n) is 4.99. The van der Waals surface area contributed by atoms with Gasteiger partial charge in [0.05, 0.1) is 29.8 Å². The highest BCUT2D eigenvalue weighted by Gasteiger charge is 2.10. The summed E-state index contributed by atoms with van der Waals surface area (Å²) in [6, 6.07) is 3.93. The van der Waals surface area contributed by atoms with Crippen LogP contribution in [0.25, 0.3) is 0 Å². The number of phenolic OH excluding ortho intramolecular Hbond substituents is 1. The second-order valence-corrected chi connectivity index (χ2v) is 7.86. The van der Waals surface area contributed by atoms with Gasteiger partial charge < -0.3 is 9.84 Å². The van der Waals surface area contributed by atoms with Gasteiger partial charge in [-0.1, -0.05) is 0 Å². The van der Waals surface area contributed by atoms with Gasteiger partial charge in [-0.25, -0.2) is 13.4 Å². The molecule has 8 nitrogen and oxygen atoms in total. The minimum Gasteiger partial charge on any atom is -0.507 e. The molecule has 2 N–H and O–H groups in total. The lowest BCUT2D eigenvalue weighted by atomic mass is 10.2. The van der Waals surface area contributed by atoms with Crippen molar-refractivity contribution >= 4 is 38.5 Å². The Kier molecular flexibility index (Phi) is 6.10. The van der Waals surface area contributed by atoms with E-state index in [1.807, 2.05) is 0 Å². The monoisotopic (exact) mass is 383 g/mol. The summed E-state index contributed by atoms with van der Waals surface area (Å²) in [4.78, 5) is 15.6. The Hall–Kier alpha value is -2.46. The molecule has 25 heavy (non-hydrogen) atoms. The fourth-order valence-electron chi connectivity index (χ4n) is 1.82. The number of phenols is 1. The lowest BCUT2D eigenvalue weighted by Gasteiger charge is -2.02. The van der Waals surface area contributed by atoms with Crippen LogP contribution >= 0.6 is 11.3 Å². The number of rotatable bonds is 7. The van der Waals surface area contributed by atoms with Gasteiger partial charge in [0.1, 0.15) is 5.75 Å². The minimum atomic E-state index is -3.38. The number of hydrazone groups is 1. The number of carbonyl (C=O) groups is 1. The molecule has 0 atom stereocenters. The lowest BCUT2D eigenvalue weighted by molar-refractivity contribution is -0.142. The molecule has 2 rings (SSSR count). The third-order valence-corrected chi connectivity index (χ3v) is 4.88. The van der Waals surface area contributed by atoms with E-state index >= 15 is 0 Å². The number of carbonyl (C=O) groups excluding carboxylic acids is 1. The first-order valence-corrected chi connectivity index (χ1v) is 9.99. The third kappa shape index (κ3) is 5.54. The Morgan fingerprint density at radius 2 is 2.24 bits per heavy atom. The number of esters is 1. The molecule has 0 saturated heterocycles. The fourth-order valence-corrected chi connectivity index (χ4v) is 3.14. The van der Waals surface area contributed by atoms with E-state index in [2.05, 4.69) is 15.5 Å². The SMILES string of the molecule is CCOC(=O)Cc1csc(NN=Cc2cc(S(C)(=O)=O)ccc2O)n1. The molecule has 0 aliphatic heterocycles. The van der Waals surface area contributed by atoms with E-state index in [0.29, 0.717) is 17.4 Å². The molecule has 0 bridgehead atoms. The number of nitrogens with zero attached hydrogens (tertiary/aromatic N) is 2. The molecule has 0 fully saturated rings. The molecule has 0 aliphatic rings. The molecular formula is C15H17N3O5S2. The first-order valence-electron chi connectivity index (χ1n) is 7.21. The molecule has 134 valence electrons. The average molecular weight is 383 g/mol. The van der Waals surface area contributed by atoms with E-state index in [0.717, 1.165) is 6.26 Å². The molecule has 2 aromatic rings. The van der Waals surface area contributed by atoms with Crippen molar-refractivity contribution in [2.45, 2.75) is 18.2 Å². The number of anilines is 1. The number of nitrogens with one attached hydrogen (secondary N) is 1. The molecule has 1 heterocycles. The van der Waals surface area contributed by atoms with Crippen molar-refractivity contribution in [3.63, 3.8) is 0 Å². The molecule has 1 aromatic heterocycles. The van der Waals surface area contributed by atoms with Crippen molar-refractivity contribution in [1.29, 1.82) is 0 Å². The van der Waals surface area contributed by atoms with Crippen LogP contribution in [0.1, 0.15) is 18.2 Å². The predicted octanol–water partition coefficient (Wildman–Crippen LogP) is 1.80. The van der Waals surface area contributed by atoms with Crippen molar-refractivity contribution in [2.24, 2.45) is 5.10 Å². The Morgan fingerprint density at radius 1 is 1.48 bits per heavy atom. The maximum Gasteiger partial charge on any atom is 0.311 e. The summed E-state index contributed by atoms with van der Waals surface area (Å²) in [5, 5.41) is 15.9. The molecule has 0 unspecified atom stereocenters. The van der Waals surface area contributed by atoms with Gasteiger partial charge in [-0.05, 0) is 25.1 Å². The molecule has 10 heteroatoms. The van der Waals surface area contributed by atoms with Crippen LogP contribution in [-0.4, -0.2) is 43.6 Å². The number of hydrogen-bond donors (Lipinski definition) is 2. The highest BCUT2D eigenvalue weighted by Crippen LogP contribution is 2.20. The maximum atomic E-state index is 11.5. The molecule has 0 spiro atoms. The number of benzene rings is 1. The number of aromatic hydroxyl groups is 1. The largest absolute Gasteiger partial charge is 0.507 e. The summed E-state index contributed by atoms with van der Waals surface area (Å²) >= 11 is 1.25. The molecule has 0 aliphatic carbocycles. The number of ether oxygens (including phenoxy) is 1. The normalized spacial score (nSPS) is 11.6. The zero-order chi connectivity index (χ0) is 18.4. The number of thiazole rings is 1. The Balaban J connectivity index is 2.04. The molecule has 0 amide bonds. The van der Waals surface area contributed by atoms with Crippen LogP contribution in [-0.2, 0) is 25.8 Å². The van der Waals surface area contributed by atoms with Gasteiger partial charge in [-0.3, -0.25) is 10.2 Å². The van der Waals surface area contributed by atoms with Crippen LogP contribution in [0.2, 0.25) is 0 Å². The van der Waals surface area contributed by atoms with Gasteiger partial charge in [0.2, 0.25) is 5.13 Å². The minimum absolute atomic E-state index is 0.0763. The maximum absolute atomic E-state index is 11.5. The molecule has 1 aromatic carbocycles. The summed E-state index contributed by atoms with van der Waals surface area (Å²) in [6.45, 7) is 2.04. The van der Waals surface area contributed by atoms with E-state index in [1.54, 1.807) is 12.3 Å². The highest BCUT2D eigenvalue weighted by atomic mass is 32.2. The van der Waals surface area contributed by atoms with Gasteiger partial charge in [-0.2, -0.15) is 5.10 Å². The van der Waals surface area contributed by atoms with Crippen molar-refractivity contribution in [1.82, 2.24) is 4.98 Å². The van der Waals surface area contributed by atoms with Crippen LogP contribution in [0.3, 0.4) is 0 Å². The van der Waals surface area contributed by atoms with E-state index in [4.69, 9.17) is 4.74 Å². The zero-order valence-corrected chi connectivity index (χ0v) is 15.2. The van der Waals surface area contributed by atoms with Crippen molar-refractivity contribution in [3.05, 3.63) is 34.8 Å². The van der Waals surface area contributed by atoms with Crippen LogP contribution in [0.15, 0.2) is 33.6 Å². The summed E-state index contributed by atoms with van der Waals surface area (Å²) in [5.74, 6) is -0.453. The summed E-state index contributed by atoms with van der Waals surface area (Å²) in [5.41, 5.74) is 3.48. The first-order chi connectivity index (χ1) is 11.8. The smallest absolute Gasteiger partial charge is 0.311 e. The summed E-state index contributed by atoms with van der Waals surface area (Å²) in [6.07, 6.45) is 2.45. The molecule has 0 radical (unpaired) electrons. The Labute approximate surface area is 149 Å².